The van der Waals surface area contributed by atoms with E-state index in [0.29, 0.717) is 47.3 Å². The molecule has 0 bridgehead atoms. The number of Topliss-reactive ketones (excluding diaryl/α,β-unsaturated/α-hetero) is 1. The van der Waals surface area contributed by atoms with Gasteiger partial charge in [0.05, 0.1) is 4.88 Å². The van der Waals surface area contributed by atoms with Crippen LogP contribution in [0.5, 0.6) is 0 Å². The van der Waals surface area contributed by atoms with Crippen molar-refractivity contribution >= 4 is 28.9 Å². The molecule has 0 unspecified atom stereocenters. The van der Waals surface area contributed by atoms with Gasteiger partial charge in [0, 0.05) is 42.5 Å². The number of carbonyl (C=O) groups is 3. The highest BCUT2D eigenvalue weighted by Crippen LogP contribution is 2.39. The molecule has 128 valence electrons. The summed E-state index contributed by atoms with van der Waals surface area (Å²) in [6, 6.07) is 2.49. The second kappa shape index (κ2) is 5.99. The largest absolute Gasteiger partial charge is 0.338 e. The van der Waals surface area contributed by atoms with Crippen LogP contribution in [0.4, 0.5) is 0 Å². The maximum atomic E-state index is 12.7. The number of likely N-dealkylation sites (tertiary alicyclic amines) is 2. The van der Waals surface area contributed by atoms with Crippen LogP contribution in [0.25, 0.3) is 0 Å². The maximum Gasteiger partial charge on any atom is 0.263 e. The van der Waals surface area contributed by atoms with Crippen molar-refractivity contribution in [1.29, 1.82) is 0 Å². The van der Waals surface area contributed by atoms with E-state index in [2.05, 4.69) is 4.90 Å². The summed E-state index contributed by atoms with van der Waals surface area (Å²) in [4.78, 5) is 41.1. The van der Waals surface area contributed by atoms with Crippen molar-refractivity contribution in [2.24, 2.45) is 5.92 Å². The summed E-state index contributed by atoms with van der Waals surface area (Å²) >= 11 is 1.35. The number of amides is 2. The molecular formula is C18H22N2O3S. The highest BCUT2D eigenvalue weighted by molar-refractivity contribution is 7.12. The van der Waals surface area contributed by atoms with Crippen molar-refractivity contribution in [3.05, 3.63) is 21.9 Å². The average molecular weight is 346 g/mol. The van der Waals surface area contributed by atoms with Gasteiger partial charge in [0.15, 0.2) is 5.78 Å². The van der Waals surface area contributed by atoms with Gasteiger partial charge in [0.25, 0.3) is 5.91 Å². The Morgan fingerprint density at radius 3 is 2.67 bits per heavy atom. The lowest BCUT2D eigenvalue weighted by molar-refractivity contribution is -0.141. The number of thiophene rings is 1. The molecule has 3 heterocycles. The summed E-state index contributed by atoms with van der Waals surface area (Å²) in [7, 11) is 0. The summed E-state index contributed by atoms with van der Waals surface area (Å²) in [5, 5.41) is 1.76. The number of hydrogen-bond acceptors (Lipinski definition) is 4. The zero-order valence-electron chi connectivity index (χ0n) is 13.9. The molecule has 0 spiro atoms. The predicted octanol–water partition coefficient (Wildman–Crippen LogP) is 2.57. The third-order valence-corrected chi connectivity index (χ3v) is 6.43. The number of ketones is 1. The van der Waals surface area contributed by atoms with Crippen LogP contribution in [0, 0.1) is 5.92 Å². The van der Waals surface area contributed by atoms with E-state index in [0.717, 1.165) is 32.2 Å². The number of hydrogen-bond donors (Lipinski definition) is 0. The van der Waals surface area contributed by atoms with Crippen LogP contribution in [0.15, 0.2) is 11.4 Å². The van der Waals surface area contributed by atoms with E-state index in [1.165, 1.54) is 18.3 Å². The van der Waals surface area contributed by atoms with Crippen molar-refractivity contribution in [3.63, 3.8) is 0 Å². The first kappa shape index (κ1) is 15.8. The Morgan fingerprint density at radius 1 is 1.21 bits per heavy atom. The summed E-state index contributed by atoms with van der Waals surface area (Å²) < 4.78 is 0. The van der Waals surface area contributed by atoms with E-state index in [1.807, 2.05) is 4.90 Å². The van der Waals surface area contributed by atoms with Crippen LogP contribution in [-0.2, 0) is 4.79 Å². The maximum absolute atomic E-state index is 12.7. The molecule has 1 aliphatic carbocycles. The van der Waals surface area contributed by atoms with Gasteiger partial charge >= 0.3 is 0 Å². The molecule has 4 rings (SSSR count). The zero-order valence-corrected chi connectivity index (χ0v) is 14.7. The molecule has 3 fully saturated rings. The minimum absolute atomic E-state index is 0.00474. The molecule has 0 N–H and O–H groups in total. The van der Waals surface area contributed by atoms with Crippen molar-refractivity contribution in [2.75, 3.05) is 13.1 Å². The Balaban J connectivity index is 1.46. The fourth-order valence-corrected chi connectivity index (χ4v) is 5.01. The van der Waals surface area contributed by atoms with Crippen molar-refractivity contribution < 1.29 is 14.4 Å². The Labute approximate surface area is 145 Å². The van der Waals surface area contributed by atoms with Crippen LogP contribution in [-0.4, -0.2) is 52.6 Å². The third kappa shape index (κ3) is 2.77. The second-order valence-corrected chi connectivity index (χ2v) is 8.11. The first-order valence-electron chi connectivity index (χ1n) is 8.74. The highest BCUT2D eigenvalue weighted by atomic mass is 32.1. The van der Waals surface area contributed by atoms with Crippen molar-refractivity contribution in [1.82, 2.24) is 9.80 Å². The van der Waals surface area contributed by atoms with Crippen molar-refractivity contribution in [3.8, 4) is 0 Å². The SMILES string of the molecule is CC(=O)c1csc(C(=O)N2CC[C@@H]3[C@@H](CCC(=O)N3C3CC3)C2)c1. The number of carbonyl (C=O) groups excluding carboxylic acids is 3. The van der Waals surface area contributed by atoms with Gasteiger partial charge < -0.3 is 9.80 Å². The quantitative estimate of drug-likeness (QED) is 0.791. The van der Waals surface area contributed by atoms with E-state index in [9.17, 15) is 14.4 Å². The molecule has 2 atom stereocenters. The molecule has 3 aliphatic rings. The summed E-state index contributed by atoms with van der Waals surface area (Å²) in [5.74, 6) is 0.729. The highest BCUT2D eigenvalue weighted by Gasteiger charge is 2.45. The van der Waals surface area contributed by atoms with E-state index >= 15 is 0 Å². The van der Waals surface area contributed by atoms with Gasteiger partial charge in [-0.2, -0.15) is 0 Å². The molecular weight excluding hydrogens is 324 g/mol. The zero-order chi connectivity index (χ0) is 16.8. The van der Waals surface area contributed by atoms with Crippen LogP contribution in [0.2, 0.25) is 0 Å². The topological polar surface area (TPSA) is 57.7 Å². The normalized spacial score (nSPS) is 27.1. The van der Waals surface area contributed by atoms with Crippen molar-refractivity contribution in [2.45, 2.75) is 51.1 Å². The smallest absolute Gasteiger partial charge is 0.263 e. The Hall–Kier alpha value is -1.69. The fraction of sp³-hybridized carbons (Fsp3) is 0.611. The van der Waals surface area contributed by atoms with Gasteiger partial charge in [-0.3, -0.25) is 14.4 Å². The Morgan fingerprint density at radius 2 is 2.00 bits per heavy atom. The second-order valence-electron chi connectivity index (χ2n) is 7.19. The Bertz CT molecular complexity index is 694. The monoisotopic (exact) mass is 346 g/mol. The lowest BCUT2D eigenvalue weighted by Crippen LogP contribution is -2.57. The molecule has 2 amide bonds. The van der Waals surface area contributed by atoms with Gasteiger partial charge in [-0.15, -0.1) is 11.3 Å². The van der Waals surface area contributed by atoms with Crippen LogP contribution in [0.1, 0.15) is 59.1 Å². The first-order valence-corrected chi connectivity index (χ1v) is 9.62. The van der Waals surface area contributed by atoms with E-state index in [-0.39, 0.29) is 11.7 Å². The molecule has 1 aromatic rings. The van der Waals surface area contributed by atoms with E-state index in [1.54, 1.807) is 11.4 Å². The lowest BCUT2D eigenvalue weighted by Gasteiger charge is -2.47. The Kier molecular flexibility index (Phi) is 3.95. The third-order valence-electron chi connectivity index (χ3n) is 5.51. The number of nitrogens with zero attached hydrogens (tertiary/aromatic N) is 2. The van der Waals surface area contributed by atoms with Crippen LogP contribution in [0.3, 0.4) is 0 Å². The standard InChI is InChI=1S/C18H22N2O3S/c1-11(21)13-8-16(24-10-13)18(23)19-7-6-15-12(9-19)2-5-17(22)20(15)14-3-4-14/h8,10,12,14-15H,2-7,9H2,1H3/t12-,15+/m0/s1. The molecule has 1 saturated carbocycles. The van der Waals surface area contributed by atoms with Crippen LogP contribution < -0.4 is 0 Å². The summed E-state index contributed by atoms with van der Waals surface area (Å²) in [6.45, 7) is 2.95. The first-order chi connectivity index (χ1) is 11.5. The molecule has 2 aliphatic heterocycles. The number of piperidine rings is 2. The summed E-state index contributed by atoms with van der Waals surface area (Å²) in [6.07, 6.45) is 4.66. The molecule has 0 radical (unpaired) electrons. The van der Waals surface area contributed by atoms with E-state index in [4.69, 9.17) is 0 Å². The molecule has 5 nitrogen and oxygen atoms in total. The van der Waals surface area contributed by atoms with Gasteiger partial charge in [0.1, 0.15) is 0 Å². The number of rotatable bonds is 3. The number of fused-ring (bicyclic) bond motifs is 1. The van der Waals surface area contributed by atoms with Crippen LogP contribution >= 0.6 is 11.3 Å². The summed E-state index contributed by atoms with van der Waals surface area (Å²) in [5.41, 5.74) is 0.612. The lowest BCUT2D eigenvalue weighted by atomic mass is 9.83. The molecule has 6 heteroatoms. The predicted molar refractivity (Wildman–Crippen MR) is 91.2 cm³/mol. The molecule has 2 saturated heterocycles. The molecule has 24 heavy (non-hydrogen) atoms. The van der Waals surface area contributed by atoms with E-state index < -0.39 is 0 Å². The average Bonchev–Trinajstić information content (AvgIpc) is 3.28. The minimum atomic E-state index is -0.00474. The van der Waals surface area contributed by atoms with Gasteiger partial charge in [0.2, 0.25) is 5.91 Å². The fourth-order valence-electron chi connectivity index (χ4n) is 4.09. The van der Waals surface area contributed by atoms with Gasteiger partial charge in [-0.1, -0.05) is 0 Å². The minimum Gasteiger partial charge on any atom is -0.338 e. The molecule has 1 aromatic heterocycles. The van der Waals surface area contributed by atoms with Gasteiger partial charge in [-0.25, -0.2) is 0 Å². The molecule has 0 aromatic carbocycles. The van der Waals surface area contributed by atoms with Gasteiger partial charge in [-0.05, 0) is 44.6 Å².